The zero-order valence-corrected chi connectivity index (χ0v) is 18.0. The van der Waals surface area contributed by atoms with Crippen LogP contribution in [0.5, 0.6) is 0 Å². The standard InChI is InChI=1S/C22H26N4O2S/c1-13-11-14(2)24-21-18(13)19-20(29-21)22(28)26(15(3)25-19)12-17(27)23-10-9-16-7-5-4-6-8-16/h7,11H,4-6,8-10,12H2,1-3H3,(H,23,27). The molecule has 0 saturated carbocycles. The van der Waals surface area contributed by atoms with Gasteiger partial charge in [-0.25, -0.2) is 9.97 Å². The third-order valence-electron chi connectivity index (χ3n) is 5.52. The van der Waals surface area contributed by atoms with Crippen LogP contribution in [0.1, 0.15) is 49.2 Å². The number of hydrogen-bond donors (Lipinski definition) is 1. The number of pyridine rings is 1. The van der Waals surface area contributed by atoms with E-state index in [1.165, 1.54) is 34.3 Å². The van der Waals surface area contributed by atoms with Gasteiger partial charge in [0.25, 0.3) is 5.56 Å². The van der Waals surface area contributed by atoms with Crippen LogP contribution in [0.25, 0.3) is 20.4 Å². The monoisotopic (exact) mass is 410 g/mol. The molecule has 3 aromatic rings. The van der Waals surface area contributed by atoms with Crippen LogP contribution in [0.15, 0.2) is 22.5 Å². The van der Waals surface area contributed by atoms with Gasteiger partial charge in [0.1, 0.15) is 21.9 Å². The van der Waals surface area contributed by atoms with E-state index >= 15 is 0 Å². The van der Waals surface area contributed by atoms with Gasteiger partial charge in [-0.3, -0.25) is 14.2 Å². The molecular formula is C22H26N4O2S. The van der Waals surface area contributed by atoms with Crippen LogP contribution in [0.3, 0.4) is 0 Å². The fraction of sp³-hybridized carbons (Fsp3) is 0.455. The second-order valence-corrected chi connectivity index (χ2v) is 8.80. The maximum Gasteiger partial charge on any atom is 0.272 e. The van der Waals surface area contributed by atoms with Crippen molar-refractivity contribution in [3.8, 4) is 0 Å². The molecular weight excluding hydrogens is 384 g/mol. The number of thiophene rings is 1. The lowest BCUT2D eigenvalue weighted by molar-refractivity contribution is -0.121. The summed E-state index contributed by atoms with van der Waals surface area (Å²) >= 11 is 1.36. The van der Waals surface area contributed by atoms with Gasteiger partial charge in [0.2, 0.25) is 5.91 Å². The van der Waals surface area contributed by atoms with Crippen molar-refractivity contribution in [3.05, 3.63) is 45.2 Å². The van der Waals surface area contributed by atoms with E-state index in [4.69, 9.17) is 0 Å². The fourth-order valence-electron chi connectivity index (χ4n) is 4.05. The number of aromatic nitrogens is 3. The Bertz CT molecular complexity index is 1190. The van der Waals surface area contributed by atoms with Crippen molar-refractivity contribution in [2.45, 2.75) is 59.4 Å². The Morgan fingerprint density at radius 1 is 1.24 bits per heavy atom. The molecule has 3 heterocycles. The molecule has 6 nitrogen and oxygen atoms in total. The quantitative estimate of drug-likeness (QED) is 0.647. The first-order valence-corrected chi connectivity index (χ1v) is 11.0. The van der Waals surface area contributed by atoms with Crippen LogP contribution in [0.2, 0.25) is 0 Å². The molecule has 0 aromatic carbocycles. The summed E-state index contributed by atoms with van der Waals surface area (Å²) in [7, 11) is 0. The normalized spacial score (nSPS) is 14.4. The lowest BCUT2D eigenvalue weighted by Gasteiger charge is -2.13. The van der Waals surface area contributed by atoms with Crippen molar-refractivity contribution < 1.29 is 4.79 Å². The van der Waals surface area contributed by atoms with Gasteiger partial charge in [-0.2, -0.15) is 0 Å². The van der Waals surface area contributed by atoms with Crippen molar-refractivity contribution >= 4 is 37.7 Å². The summed E-state index contributed by atoms with van der Waals surface area (Å²) in [5.74, 6) is 0.395. The van der Waals surface area contributed by atoms with E-state index < -0.39 is 0 Å². The number of carbonyl (C=O) groups is 1. The van der Waals surface area contributed by atoms with Crippen molar-refractivity contribution in [1.29, 1.82) is 0 Å². The number of hydrogen-bond acceptors (Lipinski definition) is 5. The van der Waals surface area contributed by atoms with Gasteiger partial charge >= 0.3 is 0 Å². The summed E-state index contributed by atoms with van der Waals surface area (Å²) in [6, 6.07) is 2.01. The Hall–Kier alpha value is -2.54. The molecule has 0 aliphatic heterocycles. The second kappa shape index (κ2) is 8.06. The topological polar surface area (TPSA) is 76.9 Å². The second-order valence-electron chi connectivity index (χ2n) is 7.80. The molecule has 1 N–H and O–H groups in total. The Labute approximate surface area is 173 Å². The molecule has 1 aliphatic rings. The number of allylic oxidation sites excluding steroid dienone is 1. The molecule has 1 aliphatic carbocycles. The lowest BCUT2D eigenvalue weighted by Crippen LogP contribution is -2.34. The molecule has 0 spiro atoms. The minimum atomic E-state index is -0.169. The van der Waals surface area contributed by atoms with E-state index in [1.807, 2.05) is 19.9 Å². The fourth-order valence-corrected chi connectivity index (χ4v) is 5.23. The molecule has 7 heteroatoms. The maximum absolute atomic E-state index is 13.1. The molecule has 0 saturated heterocycles. The molecule has 152 valence electrons. The van der Waals surface area contributed by atoms with Crippen molar-refractivity contribution in [3.63, 3.8) is 0 Å². The van der Waals surface area contributed by atoms with E-state index in [-0.39, 0.29) is 18.0 Å². The number of rotatable bonds is 5. The third-order valence-corrected chi connectivity index (χ3v) is 6.58. The van der Waals surface area contributed by atoms with Crippen molar-refractivity contribution in [2.75, 3.05) is 6.54 Å². The number of aryl methyl sites for hydroxylation is 3. The highest BCUT2D eigenvalue weighted by molar-refractivity contribution is 7.25. The number of nitrogens with zero attached hydrogens (tertiary/aromatic N) is 3. The Kier molecular flexibility index (Phi) is 5.50. The average molecular weight is 411 g/mol. The zero-order valence-electron chi connectivity index (χ0n) is 17.2. The van der Waals surface area contributed by atoms with Crippen molar-refractivity contribution in [2.24, 2.45) is 0 Å². The lowest BCUT2D eigenvalue weighted by atomic mass is 9.97. The number of amides is 1. The Morgan fingerprint density at radius 2 is 2.07 bits per heavy atom. The summed E-state index contributed by atoms with van der Waals surface area (Å²) in [4.78, 5) is 35.6. The van der Waals surface area contributed by atoms with Crippen LogP contribution in [-0.4, -0.2) is 27.0 Å². The van der Waals surface area contributed by atoms with Crippen LogP contribution in [-0.2, 0) is 11.3 Å². The minimum Gasteiger partial charge on any atom is -0.354 e. The van der Waals surface area contributed by atoms with E-state index in [0.717, 1.165) is 40.7 Å². The third kappa shape index (κ3) is 3.96. The summed E-state index contributed by atoms with van der Waals surface area (Å²) in [6.07, 6.45) is 7.96. The van der Waals surface area contributed by atoms with Crippen LogP contribution < -0.4 is 10.9 Å². The summed E-state index contributed by atoms with van der Waals surface area (Å²) < 4.78 is 2.03. The number of fused-ring (bicyclic) bond motifs is 3. The SMILES string of the molecule is Cc1cc(C)c2c(n1)sc1c(=O)n(CC(=O)NCCC3=CCCCC3)c(C)nc12. The first kappa shape index (κ1) is 19.8. The number of nitrogens with one attached hydrogen (secondary N) is 1. The van der Waals surface area contributed by atoms with Crippen LogP contribution >= 0.6 is 11.3 Å². The smallest absolute Gasteiger partial charge is 0.272 e. The molecule has 0 bridgehead atoms. The Balaban J connectivity index is 1.56. The summed E-state index contributed by atoms with van der Waals surface area (Å²) in [5.41, 5.74) is 3.94. The van der Waals surface area contributed by atoms with E-state index in [1.54, 1.807) is 6.92 Å². The highest BCUT2D eigenvalue weighted by atomic mass is 32.1. The molecule has 1 amide bonds. The van der Waals surface area contributed by atoms with E-state index in [2.05, 4.69) is 21.4 Å². The van der Waals surface area contributed by atoms with Gasteiger partial charge in [0.15, 0.2) is 0 Å². The largest absolute Gasteiger partial charge is 0.354 e. The predicted octanol–water partition coefficient (Wildman–Crippen LogP) is 3.94. The minimum absolute atomic E-state index is 0.00760. The van der Waals surface area contributed by atoms with Gasteiger partial charge in [0, 0.05) is 17.6 Å². The summed E-state index contributed by atoms with van der Waals surface area (Å²) in [6.45, 7) is 6.34. The zero-order chi connectivity index (χ0) is 20.5. The first-order valence-electron chi connectivity index (χ1n) is 10.2. The van der Waals surface area contributed by atoms with Crippen LogP contribution in [0.4, 0.5) is 0 Å². The van der Waals surface area contributed by atoms with Crippen LogP contribution in [0, 0.1) is 20.8 Å². The van der Waals surface area contributed by atoms with E-state index in [0.29, 0.717) is 22.6 Å². The highest BCUT2D eigenvalue weighted by Crippen LogP contribution is 2.32. The molecule has 29 heavy (non-hydrogen) atoms. The first-order chi connectivity index (χ1) is 13.9. The molecule has 0 radical (unpaired) electrons. The average Bonchev–Trinajstić information content (AvgIpc) is 3.04. The van der Waals surface area contributed by atoms with E-state index in [9.17, 15) is 9.59 Å². The van der Waals surface area contributed by atoms with Gasteiger partial charge in [-0.1, -0.05) is 11.6 Å². The molecule has 4 rings (SSSR count). The molecule has 0 atom stereocenters. The Morgan fingerprint density at radius 3 is 2.83 bits per heavy atom. The van der Waals surface area contributed by atoms with Crippen molar-refractivity contribution in [1.82, 2.24) is 19.9 Å². The van der Waals surface area contributed by atoms with Gasteiger partial charge in [0.05, 0.1) is 5.52 Å². The summed E-state index contributed by atoms with van der Waals surface area (Å²) in [5, 5.41) is 3.89. The predicted molar refractivity (Wildman–Crippen MR) is 118 cm³/mol. The van der Waals surface area contributed by atoms with Gasteiger partial charge in [-0.15, -0.1) is 11.3 Å². The maximum atomic E-state index is 13.1. The highest BCUT2D eigenvalue weighted by Gasteiger charge is 2.18. The number of carbonyl (C=O) groups excluding carboxylic acids is 1. The van der Waals surface area contributed by atoms with Gasteiger partial charge in [-0.05, 0) is 64.5 Å². The molecule has 0 unspecified atom stereocenters. The molecule has 0 fully saturated rings. The molecule has 3 aromatic heterocycles. The van der Waals surface area contributed by atoms with Gasteiger partial charge < -0.3 is 5.32 Å².